The number of carbonyl (C=O) groups is 1. The molecule has 1 aromatic rings. The van der Waals surface area contributed by atoms with E-state index in [-0.39, 0.29) is 30.2 Å². The number of amidine groups is 1. The van der Waals surface area contributed by atoms with Crippen molar-refractivity contribution in [2.75, 3.05) is 0 Å². The first kappa shape index (κ1) is 14.5. The summed E-state index contributed by atoms with van der Waals surface area (Å²) in [4.78, 5) is 12.7. The van der Waals surface area contributed by atoms with Crippen LogP contribution in [0.5, 0.6) is 0 Å². The third kappa shape index (κ3) is 3.48. The van der Waals surface area contributed by atoms with Crippen LogP contribution in [0, 0.1) is 5.41 Å². The molecule has 0 aliphatic carbocycles. The van der Waals surface area contributed by atoms with E-state index in [4.69, 9.17) is 11.1 Å². The fraction of sp³-hybridized carbons (Fsp3) is 0.273. The molecule has 0 bridgehead atoms. The fourth-order valence-electron chi connectivity index (χ4n) is 1.55. The third-order valence-corrected chi connectivity index (χ3v) is 3.44. The number of rotatable bonds is 4. The highest BCUT2D eigenvalue weighted by atomic mass is 35.5. The Kier molecular flexibility index (Phi) is 5.18. The van der Waals surface area contributed by atoms with Crippen molar-refractivity contribution in [1.29, 1.82) is 5.41 Å². The predicted octanol–water partition coefficient (Wildman–Crippen LogP) is 0.946. The molecule has 0 unspecified atom stereocenters. The largest absolute Gasteiger partial charge is 0.384 e. The Bertz CT molecular complexity index is 463. The molecule has 0 saturated carbocycles. The number of amides is 1. The van der Waals surface area contributed by atoms with Gasteiger partial charge in [0.05, 0.1) is 6.54 Å². The summed E-state index contributed by atoms with van der Waals surface area (Å²) < 4.78 is 0. The van der Waals surface area contributed by atoms with E-state index in [2.05, 4.69) is 10.6 Å². The van der Waals surface area contributed by atoms with Crippen molar-refractivity contribution < 1.29 is 4.79 Å². The molecule has 5 nitrogen and oxygen atoms in total. The third-order valence-electron chi connectivity index (χ3n) is 2.51. The lowest BCUT2D eigenvalue weighted by Crippen LogP contribution is -2.39. The zero-order valence-corrected chi connectivity index (χ0v) is 11.2. The molecule has 1 atom stereocenters. The van der Waals surface area contributed by atoms with Gasteiger partial charge in [0.2, 0.25) is 5.91 Å². The van der Waals surface area contributed by atoms with Crippen molar-refractivity contribution in [3.63, 3.8) is 0 Å². The van der Waals surface area contributed by atoms with Gasteiger partial charge in [-0.2, -0.15) is 0 Å². The Morgan fingerprint density at radius 3 is 3.00 bits per heavy atom. The number of thiophene rings is 1. The molecule has 0 radical (unpaired) electrons. The number of halogens is 1. The molecular formula is C11H15ClN4OS. The van der Waals surface area contributed by atoms with Gasteiger partial charge in [0.15, 0.2) is 0 Å². The summed E-state index contributed by atoms with van der Waals surface area (Å²) in [6, 6.07) is 1.68. The van der Waals surface area contributed by atoms with Crippen LogP contribution in [0.1, 0.15) is 16.9 Å². The highest BCUT2D eigenvalue weighted by Crippen LogP contribution is 2.14. The number of nitrogens with two attached hydrogens (primary N) is 1. The summed E-state index contributed by atoms with van der Waals surface area (Å²) in [5.74, 6) is 0.0493. The predicted molar refractivity (Wildman–Crippen MR) is 75.1 cm³/mol. The molecule has 18 heavy (non-hydrogen) atoms. The Hall–Kier alpha value is -1.53. The monoisotopic (exact) mass is 286 g/mol. The van der Waals surface area contributed by atoms with Crippen molar-refractivity contribution in [3.05, 3.63) is 34.2 Å². The quantitative estimate of drug-likeness (QED) is 0.490. The van der Waals surface area contributed by atoms with E-state index in [0.29, 0.717) is 12.1 Å². The van der Waals surface area contributed by atoms with Crippen LogP contribution in [-0.2, 0) is 11.3 Å². The molecule has 7 heteroatoms. The van der Waals surface area contributed by atoms with Gasteiger partial charge in [0.1, 0.15) is 11.9 Å². The van der Waals surface area contributed by atoms with Gasteiger partial charge in [0, 0.05) is 15.8 Å². The Balaban J connectivity index is 0.00000162. The average Bonchev–Trinajstić information content (AvgIpc) is 2.97. The number of nitrogen functional groups attached to an aromatic ring is 1. The maximum atomic E-state index is 11.7. The molecule has 0 spiro atoms. The van der Waals surface area contributed by atoms with E-state index in [0.717, 1.165) is 11.3 Å². The van der Waals surface area contributed by atoms with Crippen molar-refractivity contribution in [3.8, 4) is 0 Å². The van der Waals surface area contributed by atoms with Crippen LogP contribution in [0.4, 0.5) is 0 Å². The zero-order chi connectivity index (χ0) is 12.3. The van der Waals surface area contributed by atoms with Gasteiger partial charge >= 0.3 is 0 Å². The second kappa shape index (κ2) is 6.42. The van der Waals surface area contributed by atoms with Crippen LogP contribution in [0.2, 0.25) is 0 Å². The Morgan fingerprint density at radius 1 is 1.67 bits per heavy atom. The zero-order valence-electron chi connectivity index (χ0n) is 9.60. The van der Waals surface area contributed by atoms with Crippen molar-refractivity contribution >= 4 is 35.5 Å². The first-order valence-corrected chi connectivity index (χ1v) is 6.15. The van der Waals surface area contributed by atoms with E-state index in [1.165, 1.54) is 11.3 Å². The standard InChI is InChI=1S/C11H14N4OS.ClH/c12-10(13)7-4-8(17-6-7)5-15-11(16)9-2-1-3-14-9;/h1,3-4,6,9,14H,2,5H2,(H3,12,13)(H,15,16);1H/t9-;/m0./s1. The minimum atomic E-state index is -0.151. The van der Waals surface area contributed by atoms with Crippen LogP contribution in [0.3, 0.4) is 0 Å². The minimum Gasteiger partial charge on any atom is -0.384 e. The van der Waals surface area contributed by atoms with E-state index in [1.54, 1.807) is 6.20 Å². The Morgan fingerprint density at radius 2 is 2.44 bits per heavy atom. The number of hydrogen-bond donors (Lipinski definition) is 4. The highest BCUT2D eigenvalue weighted by molar-refractivity contribution is 7.10. The molecule has 1 aromatic heterocycles. The number of nitrogens with one attached hydrogen (secondary N) is 3. The number of carbonyl (C=O) groups excluding carboxylic acids is 1. The molecule has 5 N–H and O–H groups in total. The van der Waals surface area contributed by atoms with Crippen molar-refractivity contribution in [2.45, 2.75) is 19.0 Å². The lowest BCUT2D eigenvalue weighted by Gasteiger charge is -2.10. The van der Waals surface area contributed by atoms with E-state index >= 15 is 0 Å². The molecule has 1 aliphatic heterocycles. The van der Waals surface area contributed by atoms with Gasteiger partial charge in [-0.25, -0.2) is 0 Å². The maximum Gasteiger partial charge on any atom is 0.243 e. The molecule has 98 valence electrons. The average molecular weight is 287 g/mol. The van der Waals surface area contributed by atoms with Crippen LogP contribution >= 0.6 is 23.7 Å². The van der Waals surface area contributed by atoms with Gasteiger partial charge in [-0.3, -0.25) is 10.2 Å². The van der Waals surface area contributed by atoms with E-state index < -0.39 is 0 Å². The summed E-state index contributed by atoms with van der Waals surface area (Å²) in [5.41, 5.74) is 6.08. The van der Waals surface area contributed by atoms with Crippen LogP contribution in [-0.4, -0.2) is 17.8 Å². The van der Waals surface area contributed by atoms with Gasteiger partial charge in [-0.05, 0) is 18.7 Å². The van der Waals surface area contributed by atoms with Gasteiger partial charge in [-0.15, -0.1) is 23.7 Å². The molecule has 0 fully saturated rings. The molecule has 1 aliphatic rings. The summed E-state index contributed by atoms with van der Waals surface area (Å²) in [6.07, 6.45) is 4.46. The molecule has 0 saturated heterocycles. The van der Waals surface area contributed by atoms with Gasteiger partial charge in [0.25, 0.3) is 0 Å². The second-order valence-corrected chi connectivity index (χ2v) is 4.79. The summed E-state index contributed by atoms with van der Waals surface area (Å²) in [5, 5.41) is 14.9. The SMILES string of the molecule is Cl.N=C(N)c1csc(CNC(=O)[C@@H]2CC=CN2)c1. The van der Waals surface area contributed by atoms with Crippen LogP contribution in [0.25, 0.3) is 0 Å². The topological polar surface area (TPSA) is 91.0 Å². The second-order valence-electron chi connectivity index (χ2n) is 3.79. The highest BCUT2D eigenvalue weighted by Gasteiger charge is 2.18. The summed E-state index contributed by atoms with van der Waals surface area (Å²) in [6.45, 7) is 0.481. The molecule has 1 amide bonds. The van der Waals surface area contributed by atoms with Gasteiger partial charge < -0.3 is 16.4 Å². The van der Waals surface area contributed by atoms with Crippen molar-refractivity contribution in [2.24, 2.45) is 5.73 Å². The molecule has 0 aromatic carbocycles. The Labute approximate surface area is 115 Å². The molecular weight excluding hydrogens is 272 g/mol. The molecule has 2 heterocycles. The number of hydrogen-bond acceptors (Lipinski definition) is 4. The summed E-state index contributed by atoms with van der Waals surface area (Å²) in [7, 11) is 0. The maximum absolute atomic E-state index is 11.7. The van der Waals surface area contributed by atoms with E-state index in [1.807, 2.05) is 17.5 Å². The summed E-state index contributed by atoms with van der Waals surface area (Å²) >= 11 is 1.49. The lowest BCUT2D eigenvalue weighted by atomic mass is 10.2. The minimum absolute atomic E-state index is 0. The molecule has 2 rings (SSSR count). The smallest absolute Gasteiger partial charge is 0.243 e. The van der Waals surface area contributed by atoms with Crippen LogP contribution < -0.4 is 16.4 Å². The van der Waals surface area contributed by atoms with Crippen molar-refractivity contribution in [1.82, 2.24) is 10.6 Å². The first-order valence-electron chi connectivity index (χ1n) is 5.27. The fourth-order valence-corrected chi connectivity index (χ4v) is 2.37. The first-order chi connectivity index (χ1) is 8.16. The van der Waals surface area contributed by atoms with Gasteiger partial charge in [-0.1, -0.05) is 6.08 Å². The normalized spacial score (nSPS) is 16.8. The van der Waals surface area contributed by atoms with E-state index in [9.17, 15) is 4.79 Å². The van der Waals surface area contributed by atoms with Crippen LogP contribution in [0.15, 0.2) is 23.7 Å². The lowest BCUT2D eigenvalue weighted by molar-refractivity contribution is -0.122.